The Balaban J connectivity index is 1.78. The quantitative estimate of drug-likeness (QED) is 0.766. The molecule has 3 rings (SSSR count). The molecule has 0 N–H and O–H groups in total. The number of aromatic nitrogens is 3. The Bertz CT molecular complexity index is 515. The monoisotopic (exact) mass is 311 g/mol. The van der Waals surface area contributed by atoms with E-state index in [4.69, 9.17) is 4.74 Å². The smallest absolute Gasteiger partial charge is 0.320 e. The van der Waals surface area contributed by atoms with Crippen molar-refractivity contribution in [1.82, 2.24) is 24.6 Å². The molecular weight excluding hydrogens is 290 g/mol. The summed E-state index contributed by atoms with van der Waals surface area (Å²) < 4.78 is 7.32. The van der Waals surface area contributed by atoms with Crippen LogP contribution in [0.15, 0.2) is 5.16 Å². The van der Waals surface area contributed by atoms with Gasteiger partial charge in [-0.05, 0) is 19.1 Å². The van der Waals surface area contributed by atoms with Crippen LogP contribution in [0.5, 0.6) is 0 Å². The second kappa shape index (κ2) is 6.23. The third kappa shape index (κ3) is 2.74. The molecule has 2 fully saturated rings. The van der Waals surface area contributed by atoms with Crippen LogP contribution >= 0.6 is 11.8 Å². The highest BCUT2D eigenvalue weighted by Gasteiger charge is 2.36. The molecule has 21 heavy (non-hydrogen) atoms. The summed E-state index contributed by atoms with van der Waals surface area (Å²) in [4.78, 5) is 16.5. The van der Waals surface area contributed by atoms with Crippen molar-refractivity contribution >= 4 is 17.8 Å². The second-order valence-corrected chi connectivity index (χ2v) is 6.11. The molecule has 2 amide bonds. The standard InChI is InChI=1S/C13H21N5O2S/c1-16-11(14-15-12(16)21-2)10-4-3-5-18(10)13(19)17-6-8-20-9-7-17/h10H,3-9H2,1-2H3/t10-/m0/s1. The predicted molar refractivity (Wildman–Crippen MR) is 79.3 cm³/mol. The third-order valence-electron chi connectivity index (χ3n) is 4.13. The molecule has 2 aliphatic rings. The van der Waals surface area contributed by atoms with E-state index in [0.717, 1.165) is 30.4 Å². The van der Waals surface area contributed by atoms with E-state index in [2.05, 4.69) is 10.2 Å². The third-order valence-corrected chi connectivity index (χ3v) is 4.85. The second-order valence-electron chi connectivity index (χ2n) is 5.34. The number of likely N-dealkylation sites (tertiary alicyclic amines) is 1. The summed E-state index contributed by atoms with van der Waals surface area (Å²) in [6, 6.07) is 0.147. The molecular formula is C13H21N5O2S. The van der Waals surface area contributed by atoms with E-state index in [9.17, 15) is 4.79 Å². The molecule has 0 aromatic carbocycles. The molecule has 0 saturated carbocycles. The first kappa shape index (κ1) is 14.6. The lowest BCUT2D eigenvalue weighted by Gasteiger charge is -2.33. The lowest BCUT2D eigenvalue weighted by molar-refractivity contribution is 0.0417. The number of ether oxygens (including phenoxy) is 1. The van der Waals surface area contributed by atoms with Crippen LogP contribution in [0, 0.1) is 0 Å². The number of hydrogen-bond donors (Lipinski definition) is 0. The normalized spacial score (nSPS) is 22.9. The van der Waals surface area contributed by atoms with Gasteiger partial charge in [-0.25, -0.2) is 4.79 Å². The van der Waals surface area contributed by atoms with Crippen molar-refractivity contribution in [2.24, 2.45) is 7.05 Å². The number of rotatable bonds is 2. The first-order valence-electron chi connectivity index (χ1n) is 7.29. The fourth-order valence-corrected chi connectivity index (χ4v) is 3.48. The molecule has 2 aliphatic heterocycles. The zero-order valence-electron chi connectivity index (χ0n) is 12.5. The number of nitrogens with zero attached hydrogens (tertiary/aromatic N) is 5. The Hall–Kier alpha value is -1.28. The summed E-state index contributed by atoms with van der Waals surface area (Å²) >= 11 is 1.57. The number of thioether (sulfide) groups is 1. The summed E-state index contributed by atoms with van der Waals surface area (Å²) in [5, 5.41) is 9.38. The van der Waals surface area contributed by atoms with E-state index < -0.39 is 0 Å². The van der Waals surface area contributed by atoms with Gasteiger partial charge in [0.2, 0.25) is 0 Å². The van der Waals surface area contributed by atoms with Gasteiger partial charge in [0.25, 0.3) is 0 Å². The van der Waals surface area contributed by atoms with Crippen molar-refractivity contribution in [3.05, 3.63) is 5.82 Å². The minimum absolute atomic E-state index is 0.0405. The summed E-state index contributed by atoms with van der Waals surface area (Å²) in [7, 11) is 1.97. The Morgan fingerprint density at radius 3 is 2.71 bits per heavy atom. The van der Waals surface area contributed by atoms with Crippen molar-refractivity contribution in [1.29, 1.82) is 0 Å². The zero-order valence-corrected chi connectivity index (χ0v) is 13.3. The largest absolute Gasteiger partial charge is 0.378 e. The van der Waals surface area contributed by atoms with Crippen LogP contribution in [0.25, 0.3) is 0 Å². The molecule has 1 aromatic heterocycles. The van der Waals surface area contributed by atoms with Crippen LogP contribution in [0.2, 0.25) is 0 Å². The Morgan fingerprint density at radius 2 is 2.05 bits per heavy atom. The van der Waals surface area contributed by atoms with Gasteiger partial charge in [-0.2, -0.15) is 0 Å². The number of morpholine rings is 1. The van der Waals surface area contributed by atoms with Crippen LogP contribution in [-0.2, 0) is 11.8 Å². The average Bonchev–Trinajstić information content (AvgIpc) is 3.13. The maximum Gasteiger partial charge on any atom is 0.320 e. The summed E-state index contributed by atoms with van der Waals surface area (Å²) in [6.45, 7) is 3.41. The lowest BCUT2D eigenvalue weighted by Crippen LogP contribution is -2.48. The number of amides is 2. The van der Waals surface area contributed by atoms with E-state index in [1.165, 1.54) is 0 Å². The molecule has 116 valence electrons. The highest BCUT2D eigenvalue weighted by atomic mass is 32.2. The van der Waals surface area contributed by atoms with Gasteiger partial charge in [0.15, 0.2) is 11.0 Å². The Labute approximate surface area is 128 Å². The SMILES string of the molecule is CSc1nnc([C@@H]2CCCN2C(=O)N2CCOCC2)n1C. The van der Waals surface area contributed by atoms with E-state index in [1.807, 2.05) is 27.7 Å². The topological polar surface area (TPSA) is 63.5 Å². The molecule has 7 nitrogen and oxygen atoms in total. The predicted octanol–water partition coefficient (Wildman–Crippen LogP) is 1.13. The number of carbonyl (C=O) groups excluding carboxylic acids is 1. The number of hydrogen-bond acceptors (Lipinski definition) is 5. The van der Waals surface area contributed by atoms with Crippen LogP contribution in [-0.4, -0.2) is 69.7 Å². The van der Waals surface area contributed by atoms with Gasteiger partial charge in [0.05, 0.1) is 19.3 Å². The Morgan fingerprint density at radius 1 is 1.29 bits per heavy atom. The molecule has 0 spiro atoms. The Kier molecular flexibility index (Phi) is 4.34. The molecule has 8 heteroatoms. The van der Waals surface area contributed by atoms with Crippen molar-refractivity contribution in [2.45, 2.75) is 24.0 Å². The van der Waals surface area contributed by atoms with Crippen LogP contribution in [0.4, 0.5) is 4.79 Å². The first-order valence-corrected chi connectivity index (χ1v) is 8.51. The molecule has 3 heterocycles. The van der Waals surface area contributed by atoms with E-state index in [0.29, 0.717) is 26.3 Å². The highest BCUT2D eigenvalue weighted by Crippen LogP contribution is 2.32. The summed E-state index contributed by atoms with van der Waals surface area (Å²) in [5.74, 6) is 0.887. The maximum absolute atomic E-state index is 12.7. The van der Waals surface area contributed by atoms with Crippen molar-refractivity contribution in [3.8, 4) is 0 Å². The van der Waals surface area contributed by atoms with Crippen LogP contribution in [0.1, 0.15) is 24.7 Å². The lowest BCUT2D eigenvalue weighted by atomic mass is 10.2. The minimum atomic E-state index is 0.0405. The van der Waals surface area contributed by atoms with Crippen LogP contribution < -0.4 is 0 Å². The fraction of sp³-hybridized carbons (Fsp3) is 0.769. The molecule has 1 aromatic rings. The van der Waals surface area contributed by atoms with E-state index in [-0.39, 0.29) is 12.1 Å². The molecule has 0 unspecified atom stereocenters. The van der Waals surface area contributed by atoms with Gasteiger partial charge < -0.3 is 19.1 Å². The molecule has 2 saturated heterocycles. The van der Waals surface area contributed by atoms with Crippen molar-refractivity contribution < 1.29 is 9.53 Å². The van der Waals surface area contributed by atoms with Gasteiger partial charge in [-0.15, -0.1) is 10.2 Å². The summed E-state index contributed by atoms with van der Waals surface area (Å²) in [6.07, 6.45) is 3.96. The molecule has 0 radical (unpaired) electrons. The number of urea groups is 1. The van der Waals surface area contributed by atoms with Gasteiger partial charge in [0, 0.05) is 26.7 Å². The zero-order chi connectivity index (χ0) is 14.8. The van der Waals surface area contributed by atoms with Gasteiger partial charge >= 0.3 is 6.03 Å². The molecule has 0 bridgehead atoms. The van der Waals surface area contributed by atoms with Gasteiger partial charge in [0.1, 0.15) is 0 Å². The molecule has 0 aliphatic carbocycles. The van der Waals surface area contributed by atoms with Crippen molar-refractivity contribution in [3.63, 3.8) is 0 Å². The van der Waals surface area contributed by atoms with Gasteiger partial charge in [-0.3, -0.25) is 0 Å². The van der Waals surface area contributed by atoms with E-state index >= 15 is 0 Å². The highest BCUT2D eigenvalue weighted by molar-refractivity contribution is 7.98. The van der Waals surface area contributed by atoms with E-state index in [1.54, 1.807) is 11.8 Å². The van der Waals surface area contributed by atoms with Crippen molar-refractivity contribution in [2.75, 3.05) is 39.1 Å². The average molecular weight is 311 g/mol. The van der Waals surface area contributed by atoms with Crippen LogP contribution in [0.3, 0.4) is 0 Å². The fourth-order valence-electron chi connectivity index (χ4n) is 2.99. The maximum atomic E-state index is 12.7. The molecule has 1 atom stereocenters. The number of carbonyl (C=O) groups is 1. The summed E-state index contributed by atoms with van der Waals surface area (Å²) in [5.41, 5.74) is 0. The minimum Gasteiger partial charge on any atom is -0.378 e. The first-order chi connectivity index (χ1) is 10.2. The van der Waals surface area contributed by atoms with Gasteiger partial charge in [-0.1, -0.05) is 11.8 Å².